The first-order valence-corrected chi connectivity index (χ1v) is 8.32. The van der Waals surface area contributed by atoms with Gasteiger partial charge < -0.3 is 21.5 Å². The van der Waals surface area contributed by atoms with Gasteiger partial charge in [-0.2, -0.15) is 0 Å². The highest BCUT2D eigenvalue weighted by atomic mass is 32.1. The fourth-order valence-electron chi connectivity index (χ4n) is 2.56. The standard InChI is InChI=1S/C16H18N4O3S/c17-14(21)12-7-13(24-15(12)20-16(18)22)9-2-1-3-10(6-9)23-11-4-5-19-8-11/h1-3,6-7,11,19H,4-5,8H2,(H2,17,21)(H3,18,20,22). The minimum Gasteiger partial charge on any atom is -0.489 e. The van der Waals surface area contributed by atoms with Gasteiger partial charge in [0.05, 0.1) is 5.56 Å². The highest BCUT2D eigenvalue weighted by molar-refractivity contribution is 7.20. The molecule has 0 spiro atoms. The van der Waals surface area contributed by atoms with Gasteiger partial charge in [-0.15, -0.1) is 11.3 Å². The largest absolute Gasteiger partial charge is 0.489 e. The molecule has 6 N–H and O–H groups in total. The predicted octanol–water partition coefficient (Wildman–Crippen LogP) is 1.75. The second kappa shape index (κ2) is 6.90. The SMILES string of the molecule is NC(=O)Nc1sc(-c2cccc(OC3CCNC3)c2)cc1C(N)=O. The zero-order valence-electron chi connectivity index (χ0n) is 12.9. The van der Waals surface area contributed by atoms with Crippen molar-refractivity contribution < 1.29 is 14.3 Å². The summed E-state index contributed by atoms with van der Waals surface area (Å²) in [6.45, 7) is 1.79. The molecule has 0 bridgehead atoms. The maximum atomic E-state index is 11.6. The fraction of sp³-hybridized carbons (Fsp3) is 0.250. The molecule has 3 amide bonds. The highest BCUT2D eigenvalue weighted by Crippen LogP contribution is 2.36. The van der Waals surface area contributed by atoms with Crippen LogP contribution in [0.5, 0.6) is 5.75 Å². The van der Waals surface area contributed by atoms with Crippen LogP contribution < -0.4 is 26.8 Å². The molecule has 1 aliphatic heterocycles. The zero-order chi connectivity index (χ0) is 17.1. The monoisotopic (exact) mass is 346 g/mol. The summed E-state index contributed by atoms with van der Waals surface area (Å²) in [6, 6.07) is 8.50. The van der Waals surface area contributed by atoms with Crippen LogP contribution in [0.1, 0.15) is 16.8 Å². The third-order valence-corrected chi connectivity index (χ3v) is 4.77. The zero-order valence-corrected chi connectivity index (χ0v) is 13.7. The second-order valence-electron chi connectivity index (χ2n) is 5.47. The molecule has 2 aromatic rings. The topological polar surface area (TPSA) is 119 Å². The van der Waals surface area contributed by atoms with Crippen LogP contribution in [0, 0.1) is 0 Å². The average molecular weight is 346 g/mol. The molecule has 24 heavy (non-hydrogen) atoms. The summed E-state index contributed by atoms with van der Waals surface area (Å²) in [5.74, 6) is 0.144. The molecule has 2 heterocycles. The Morgan fingerprint density at radius 3 is 2.79 bits per heavy atom. The Labute approximate surface area is 143 Å². The smallest absolute Gasteiger partial charge is 0.317 e. The Morgan fingerprint density at radius 1 is 1.29 bits per heavy atom. The number of primary amides is 2. The van der Waals surface area contributed by atoms with Gasteiger partial charge in [-0.1, -0.05) is 12.1 Å². The number of anilines is 1. The van der Waals surface area contributed by atoms with Gasteiger partial charge in [0.25, 0.3) is 5.91 Å². The van der Waals surface area contributed by atoms with E-state index in [0.717, 1.165) is 35.7 Å². The molecule has 0 aliphatic carbocycles. The van der Waals surface area contributed by atoms with Gasteiger partial charge in [-0.05, 0) is 36.7 Å². The number of amides is 3. The van der Waals surface area contributed by atoms with Gasteiger partial charge in [0, 0.05) is 11.4 Å². The van der Waals surface area contributed by atoms with E-state index in [1.54, 1.807) is 6.07 Å². The van der Waals surface area contributed by atoms with Crippen molar-refractivity contribution in [2.45, 2.75) is 12.5 Å². The van der Waals surface area contributed by atoms with Crippen molar-refractivity contribution >= 4 is 28.3 Å². The summed E-state index contributed by atoms with van der Waals surface area (Å²) in [6.07, 6.45) is 1.14. The fourth-order valence-corrected chi connectivity index (χ4v) is 3.63. The Hall–Kier alpha value is -2.58. The van der Waals surface area contributed by atoms with Gasteiger partial charge in [0.15, 0.2) is 0 Å². The number of carbonyl (C=O) groups is 2. The summed E-state index contributed by atoms with van der Waals surface area (Å²) < 4.78 is 5.95. The molecule has 1 fully saturated rings. The van der Waals surface area contributed by atoms with Crippen LogP contribution in [0.3, 0.4) is 0 Å². The summed E-state index contributed by atoms with van der Waals surface area (Å²) in [4.78, 5) is 23.4. The van der Waals surface area contributed by atoms with Crippen molar-refractivity contribution in [2.24, 2.45) is 11.5 Å². The van der Waals surface area contributed by atoms with Crippen LogP contribution in [0.25, 0.3) is 10.4 Å². The van der Waals surface area contributed by atoms with E-state index >= 15 is 0 Å². The number of thiophene rings is 1. The molecule has 0 radical (unpaired) electrons. The third kappa shape index (κ3) is 3.66. The lowest BCUT2D eigenvalue weighted by molar-refractivity contribution is 0.100. The van der Waals surface area contributed by atoms with Gasteiger partial charge in [-0.25, -0.2) is 4.79 Å². The molecule has 8 heteroatoms. The number of hydrogen-bond acceptors (Lipinski definition) is 5. The Morgan fingerprint density at radius 2 is 2.12 bits per heavy atom. The Bertz CT molecular complexity index is 768. The van der Waals surface area contributed by atoms with E-state index < -0.39 is 11.9 Å². The number of hydrogen-bond donors (Lipinski definition) is 4. The minimum absolute atomic E-state index is 0.164. The number of rotatable bonds is 5. The first kappa shape index (κ1) is 16.3. The third-order valence-electron chi connectivity index (χ3n) is 3.67. The van der Waals surface area contributed by atoms with Crippen molar-refractivity contribution in [1.82, 2.24) is 5.32 Å². The molecule has 0 saturated carbocycles. The number of ether oxygens (including phenoxy) is 1. The van der Waals surface area contributed by atoms with E-state index in [2.05, 4.69) is 10.6 Å². The van der Waals surface area contributed by atoms with E-state index in [1.165, 1.54) is 11.3 Å². The maximum Gasteiger partial charge on any atom is 0.317 e. The normalized spacial score (nSPS) is 16.8. The quantitative estimate of drug-likeness (QED) is 0.659. The Balaban J connectivity index is 1.87. The van der Waals surface area contributed by atoms with Crippen molar-refractivity contribution in [2.75, 3.05) is 18.4 Å². The molecule has 7 nitrogen and oxygen atoms in total. The lowest BCUT2D eigenvalue weighted by Gasteiger charge is -2.13. The number of urea groups is 1. The first-order valence-electron chi connectivity index (χ1n) is 7.51. The van der Waals surface area contributed by atoms with Gasteiger partial charge >= 0.3 is 6.03 Å². The summed E-state index contributed by atoms with van der Waals surface area (Å²) in [5, 5.41) is 6.03. The van der Waals surface area contributed by atoms with Crippen LogP contribution in [0.2, 0.25) is 0 Å². The molecular weight excluding hydrogens is 328 g/mol. The van der Waals surface area contributed by atoms with Crippen molar-refractivity contribution in [3.63, 3.8) is 0 Å². The highest BCUT2D eigenvalue weighted by Gasteiger charge is 2.18. The van der Waals surface area contributed by atoms with Crippen LogP contribution in [0.4, 0.5) is 9.80 Å². The molecule has 1 saturated heterocycles. The predicted molar refractivity (Wildman–Crippen MR) is 93.4 cm³/mol. The molecule has 126 valence electrons. The van der Waals surface area contributed by atoms with Crippen LogP contribution in [0.15, 0.2) is 30.3 Å². The first-order chi connectivity index (χ1) is 11.5. The van der Waals surface area contributed by atoms with Crippen molar-refractivity contribution in [3.05, 3.63) is 35.9 Å². The van der Waals surface area contributed by atoms with Crippen LogP contribution in [-0.2, 0) is 0 Å². The van der Waals surface area contributed by atoms with E-state index in [9.17, 15) is 9.59 Å². The summed E-state index contributed by atoms with van der Waals surface area (Å²) >= 11 is 1.24. The van der Waals surface area contributed by atoms with Gasteiger partial charge in [0.2, 0.25) is 0 Å². The van der Waals surface area contributed by atoms with E-state index in [0.29, 0.717) is 5.00 Å². The summed E-state index contributed by atoms with van der Waals surface area (Å²) in [5.41, 5.74) is 11.6. The molecule has 1 aromatic carbocycles. The van der Waals surface area contributed by atoms with E-state index in [-0.39, 0.29) is 11.7 Å². The van der Waals surface area contributed by atoms with Gasteiger partial charge in [-0.3, -0.25) is 10.1 Å². The number of carbonyl (C=O) groups excluding carboxylic acids is 2. The summed E-state index contributed by atoms with van der Waals surface area (Å²) in [7, 11) is 0. The van der Waals surface area contributed by atoms with Crippen molar-refractivity contribution in [3.8, 4) is 16.2 Å². The second-order valence-corrected chi connectivity index (χ2v) is 6.52. The lowest BCUT2D eigenvalue weighted by atomic mass is 10.1. The molecule has 1 aliphatic rings. The van der Waals surface area contributed by atoms with Gasteiger partial charge in [0.1, 0.15) is 16.9 Å². The lowest BCUT2D eigenvalue weighted by Crippen LogP contribution is -2.21. The van der Waals surface area contributed by atoms with E-state index in [1.807, 2.05) is 24.3 Å². The Kier molecular flexibility index (Phi) is 4.68. The molecule has 3 rings (SSSR count). The van der Waals surface area contributed by atoms with E-state index in [4.69, 9.17) is 16.2 Å². The number of benzene rings is 1. The molecule has 1 aromatic heterocycles. The maximum absolute atomic E-state index is 11.6. The molecular formula is C16H18N4O3S. The van der Waals surface area contributed by atoms with Crippen LogP contribution >= 0.6 is 11.3 Å². The molecule has 1 unspecified atom stereocenters. The molecule has 1 atom stereocenters. The average Bonchev–Trinajstić information content (AvgIpc) is 3.16. The van der Waals surface area contributed by atoms with Crippen molar-refractivity contribution in [1.29, 1.82) is 0 Å². The van der Waals surface area contributed by atoms with Crippen LogP contribution in [-0.4, -0.2) is 31.1 Å². The number of nitrogens with one attached hydrogen (secondary N) is 2. The number of nitrogens with two attached hydrogens (primary N) is 2. The minimum atomic E-state index is -0.739.